The molecule has 1 aromatic heterocycles. The lowest BCUT2D eigenvalue weighted by molar-refractivity contribution is 1.37. The maximum Gasteiger partial charge on any atom is 0.0466 e. The number of hydrogen-bond acceptors (Lipinski definition) is 1. The average Bonchev–Trinajstić information content (AvgIpc) is 2.75. The molecule has 0 saturated heterocycles. The third-order valence-corrected chi connectivity index (χ3v) is 5.24. The molecule has 1 nitrogen and oxygen atoms in total. The summed E-state index contributed by atoms with van der Waals surface area (Å²) in [5.74, 6) is 0. The summed E-state index contributed by atoms with van der Waals surface area (Å²) in [6.07, 6.45) is 2.06. The number of aromatic nitrogens is 1. The topological polar surface area (TPSA) is 15.8 Å². The summed E-state index contributed by atoms with van der Waals surface area (Å²) in [6.45, 7) is 0. The van der Waals surface area contributed by atoms with Crippen LogP contribution in [0.5, 0.6) is 0 Å². The molecule has 0 unspecified atom stereocenters. The summed E-state index contributed by atoms with van der Waals surface area (Å²) in [5.41, 5.74) is 1.16. The van der Waals surface area contributed by atoms with Gasteiger partial charge in [-0.15, -0.1) is 0 Å². The van der Waals surface area contributed by atoms with Crippen molar-refractivity contribution in [3.8, 4) is 0 Å². The van der Waals surface area contributed by atoms with Crippen LogP contribution in [0.4, 0.5) is 0 Å². The molecule has 0 aliphatic carbocycles. The standard InChI is InChI=1S/C14H9Br2NS/c15-9-5-6-12-10(7-9)14(8-17-12)18-13-4-2-1-3-11(13)16/h1-8,17H. The number of nitrogens with one attached hydrogen (secondary N) is 1. The molecular formula is C14H9Br2NS. The normalized spacial score (nSPS) is 11.0. The van der Waals surface area contributed by atoms with Crippen molar-refractivity contribution in [3.05, 3.63) is 57.6 Å². The van der Waals surface area contributed by atoms with E-state index in [1.807, 2.05) is 12.1 Å². The van der Waals surface area contributed by atoms with E-state index < -0.39 is 0 Å². The number of fused-ring (bicyclic) bond motifs is 1. The molecule has 0 aliphatic rings. The van der Waals surface area contributed by atoms with Crippen LogP contribution in [0, 0.1) is 0 Å². The number of benzene rings is 2. The van der Waals surface area contributed by atoms with Crippen LogP contribution in [0.3, 0.4) is 0 Å². The van der Waals surface area contributed by atoms with Gasteiger partial charge >= 0.3 is 0 Å². The minimum Gasteiger partial charge on any atom is -0.360 e. The Morgan fingerprint density at radius 3 is 2.61 bits per heavy atom. The zero-order valence-corrected chi connectivity index (χ0v) is 13.3. The molecule has 2 aromatic carbocycles. The maximum absolute atomic E-state index is 3.58. The van der Waals surface area contributed by atoms with E-state index in [1.54, 1.807) is 11.8 Å². The first kappa shape index (κ1) is 12.3. The molecule has 0 saturated carbocycles. The lowest BCUT2D eigenvalue weighted by atomic mass is 10.2. The average molecular weight is 383 g/mol. The largest absolute Gasteiger partial charge is 0.360 e. The smallest absolute Gasteiger partial charge is 0.0466 e. The Kier molecular flexibility index (Phi) is 3.50. The van der Waals surface area contributed by atoms with Gasteiger partial charge in [0.25, 0.3) is 0 Å². The van der Waals surface area contributed by atoms with E-state index >= 15 is 0 Å². The molecule has 18 heavy (non-hydrogen) atoms. The van der Waals surface area contributed by atoms with Gasteiger partial charge in [0.15, 0.2) is 0 Å². The van der Waals surface area contributed by atoms with Gasteiger partial charge in [-0.1, -0.05) is 39.8 Å². The maximum atomic E-state index is 3.58. The molecule has 3 aromatic rings. The van der Waals surface area contributed by atoms with Crippen molar-refractivity contribution >= 4 is 54.5 Å². The van der Waals surface area contributed by atoms with Gasteiger partial charge in [-0.2, -0.15) is 0 Å². The third-order valence-electron chi connectivity index (χ3n) is 2.66. The van der Waals surface area contributed by atoms with Gasteiger partial charge in [0.05, 0.1) is 0 Å². The monoisotopic (exact) mass is 381 g/mol. The number of halogens is 2. The van der Waals surface area contributed by atoms with Crippen LogP contribution in [-0.2, 0) is 0 Å². The van der Waals surface area contributed by atoms with Crippen molar-refractivity contribution in [2.75, 3.05) is 0 Å². The SMILES string of the molecule is Brc1ccc2[nH]cc(Sc3ccccc3Br)c2c1. The van der Waals surface area contributed by atoms with E-state index in [1.165, 1.54) is 15.2 Å². The fraction of sp³-hybridized carbons (Fsp3) is 0. The highest BCUT2D eigenvalue weighted by atomic mass is 79.9. The summed E-state index contributed by atoms with van der Waals surface area (Å²) in [6, 6.07) is 14.5. The van der Waals surface area contributed by atoms with E-state index in [4.69, 9.17) is 0 Å². The molecule has 1 heterocycles. The van der Waals surface area contributed by atoms with Crippen LogP contribution in [0.1, 0.15) is 0 Å². The molecule has 0 fully saturated rings. The lowest BCUT2D eigenvalue weighted by Crippen LogP contribution is -1.74. The van der Waals surface area contributed by atoms with Gasteiger partial charge < -0.3 is 4.98 Å². The van der Waals surface area contributed by atoms with Crippen molar-refractivity contribution in [1.29, 1.82) is 0 Å². The predicted molar refractivity (Wildman–Crippen MR) is 84.3 cm³/mol. The molecule has 0 atom stereocenters. The minimum absolute atomic E-state index is 1.10. The Hall–Kier alpha value is -0.710. The first-order valence-electron chi connectivity index (χ1n) is 5.43. The van der Waals surface area contributed by atoms with Crippen LogP contribution in [-0.4, -0.2) is 4.98 Å². The Balaban J connectivity index is 2.05. The summed E-state index contributed by atoms with van der Waals surface area (Å²) >= 11 is 8.86. The van der Waals surface area contributed by atoms with Crippen LogP contribution in [0.15, 0.2) is 67.4 Å². The molecule has 0 aliphatic heterocycles. The second kappa shape index (κ2) is 5.11. The van der Waals surface area contributed by atoms with Crippen LogP contribution in [0.25, 0.3) is 10.9 Å². The van der Waals surface area contributed by atoms with Gasteiger partial charge in [0, 0.05) is 35.8 Å². The van der Waals surface area contributed by atoms with E-state index in [9.17, 15) is 0 Å². The first-order chi connectivity index (χ1) is 8.74. The summed E-state index contributed by atoms with van der Waals surface area (Å²) in [4.78, 5) is 5.75. The van der Waals surface area contributed by atoms with Crippen molar-refractivity contribution in [1.82, 2.24) is 4.98 Å². The van der Waals surface area contributed by atoms with Gasteiger partial charge in [0.1, 0.15) is 0 Å². The molecule has 0 spiro atoms. The Morgan fingerprint density at radius 1 is 0.944 bits per heavy atom. The van der Waals surface area contributed by atoms with Crippen molar-refractivity contribution in [2.24, 2.45) is 0 Å². The van der Waals surface area contributed by atoms with Crippen molar-refractivity contribution in [3.63, 3.8) is 0 Å². The molecule has 0 bridgehead atoms. The fourth-order valence-corrected chi connectivity index (χ4v) is 3.63. The van der Waals surface area contributed by atoms with E-state index in [-0.39, 0.29) is 0 Å². The lowest BCUT2D eigenvalue weighted by Gasteiger charge is -2.02. The molecule has 1 N–H and O–H groups in total. The van der Waals surface area contributed by atoms with Crippen LogP contribution in [0.2, 0.25) is 0 Å². The molecule has 90 valence electrons. The number of aromatic amines is 1. The molecular weight excluding hydrogens is 374 g/mol. The fourth-order valence-electron chi connectivity index (χ4n) is 1.80. The first-order valence-corrected chi connectivity index (χ1v) is 7.83. The molecule has 3 rings (SSSR count). The highest BCUT2D eigenvalue weighted by Gasteiger charge is 2.07. The minimum atomic E-state index is 1.10. The van der Waals surface area contributed by atoms with E-state index in [0.717, 1.165) is 14.5 Å². The molecule has 0 radical (unpaired) electrons. The highest BCUT2D eigenvalue weighted by Crippen LogP contribution is 2.37. The summed E-state index contributed by atoms with van der Waals surface area (Å²) in [5, 5.41) is 1.24. The summed E-state index contributed by atoms with van der Waals surface area (Å²) < 4.78 is 2.22. The quantitative estimate of drug-likeness (QED) is 0.588. The second-order valence-corrected chi connectivity index (χ2v) is 6.73. The zero-order chi connectivity index (χ0) is 12.5. The Morgan fingerprint density at radius 2 is 1.78 bits per heavy atom. The highest BCUT2D eigenvalue weighted by molar-refractivity contribution is 9.10. The van der Waals surface area contributed by atoms with Gasteiger partial charge in [0.2, 0.25) is 0 Å². The second-order valence-electron chi connectivity index (χ2n) is 3.88. The van der Waals surface area contributed by atoms with Crippen molar-refractivity contribution in [2.45, 2.75) is 9.79 Å². The van der Waals surface area contributed by atoms with Crippen LogP contribution < -0.4 is 0 Å². The summed E-state index contributed by atoms with van der Waals surface area (Å²) in [7, 11) is 0. The van der Waals surface area contributed by atoms with Crippen LogP contribution >= 0.6 is 43.6 Å². The third kappa shape index (κ3) is 2.37. The zero-order valence-electron chi connectivity index (χ0n) is 9.28. The Bertz CT molecular complexity index is 706. The van der Waals surface area contributed by atoms with Gasteiger partial charge in [-0.05, 0) is 46.3 Å². The van der Waals surface area contributed by atoms with Crippen molar-refractivity contribution < 1.29 is 0 Å². The predicted octanol–water partition coefficient (Wildman–Crippen LogP) is 5.84. The van der Waals surface area contributed by atoms with E-state index in [0.29, 0.717) is 0 Å². The Labute approximate surface area is 126 Å². The number of rotatable bonds is 2. The molecule has 0 amide bonds. The molecule has 4 heteroatoms. The van der Waals surface area contributed by atoms with E-state index in [2.05, 4.69) is 73.4 Å². The van der Waals surface area contributed by atoms with Gasteiger partial charge in [-0.25, -0.2) is 0 Å². The number of hydrogen-bond donors (Lipinski definition) is 1. The number of H-pyrrole nitrogens is 1. The van der Waals surface area contributed by atoms with Gasteiger partial charge in [-0.3, -0.25) is 0 Å².